The number of fused-ring (bicyclic) bond motifs is 1. The molecule has 0 radical (unpaired) electrons. The summed E-state index contributed by atoms with van der Waals surface area (Å²) in [4.78, 5) is 12.4. The number of ether oxygens (including phenoxy) is 1. The van der Waals surface area contributed by atoms with Gasteiger partial charge in [0.05, 0.1) is 4.92 Å². The Morgan fingerprint density at radius 1 is 1.16 bits per heavy atom. The van der Waals surface area contributed by atoms with Crippen LogP contribution in [0.4, 0.5) is 5.69 Å². The monoisotopic (exact) mass is 364 g/mol. The fourth-order valence-corrected chi connectivity index (χ4v) is 2.92. The van der Waals surface area contributed by atoms with Crippen molar-refractivity contribution < 1.29 is 14.8 Å². The molecule has 1 aliphatic rings. The van der Waals surface area contributed by atoms with Crippen LogP contribution in [0.15, 0.2) is 48.5 Å². The number of β-amino-alcohol motifs (C(OH)–C–C–N with tert-alkyl or cyclic N) is 1. The number of aliphatic hydroxyl groups excluding tert-OH is 1. The Hall–Kier alpha value is -2.15. The van der Waals surface area contributed by atoms with E-state index in [1.807, 2.05) is 6.07 Å². The van der Waals surface area contributed by atoms with Crippen LogP contribution in [-0.2, 0) is 13.0 Å². The van der Waals surface area contributed by atoms with Gasteiger partial charge in [-0.25, -0.2) is 0 Å². The first-order valence-corrected chi connectivity index (χ1v) is 7.96. The highest BCUT2D eigenvalue weighted by molar-refractivity contribution is 5.85. The van der Waals surface area contributed by atoms with Crippen molar-refractivity contribution in [3.05, 3.63) is 69.8 Å². The maximum atomic E-state index is 10.6. The zero-order valence-electron chi connectivity index (χ0n) is 13.7. The minimum Gasteiger partial charge on any atom is -0.491 e. The molecule has 1 unspecified atom stereocenters. The van der Waals surface area contributed by atoms with Crippen LogP contribution in [0.2, 0.25) is 0 Å². The minimum atomic E-state index is -0.606. The van der Waals surface area contributed by atoms with Gasteiger partial charge >= 0.3 is 0 Å². The summed E-state index contributed by atoms with van der Waals surface area (Å²) in [7, 11) is 0. The molecule has 3 rings (SSSR count). The van der Waals surface area contributed by atoms with Gasteiger partial charge in [0.15, 0.2) is 0 Å². The van der Waals surface area contributed by atoms with Crippen molar-refractivity contribution in [2.75, 3.05) is 19.7 Å². The molecule has 0 aliphatic carbocycles. The molecule has 134 valence electrons. The number of aliphatic hydroxyl groups is 1. The van der Waals surface area contributed by atoms with Crippen molar-refractivity contribution >= 4 is 18.1 Å². The molecule has 1 heterocycles. The maximum Gasteiger partial charge on any atom is 0.269 e. The molecule has 25 heavy (non-hydrogen) atoms. The number of non-ortho nitro benzene ring substituents is 1. The van der Waals surface area contributed by atoms with Crippen LogP contribution < -0.4 is 4.74 Å². The van der Waals surface area contributed by atoms with E-state index in [0.717, 1.165) is 19.5 Å². The van der Waals surface area contributed by atoms with Crippen molar-refractivity contribution in [1.29, 1.82) is 0 Å². The predicted molar refractivity (Wildman–Crippen MR) is 97.3 cm³/mol. The third-order valence-corrected chi connectivity index (χ3v) is 4.17. The van der Waals surface area contributed by atoms with Gasteiger partial charge in [0.25, 0.3) is 5.69 Å². The normalized spacial score (nSPS) is 14.9. The predicted octanol–water partition coefficient (Wildman–Crippen LogP) is 2.81. The number of nitrogens with zero attached hydrogens (tertiary/aromatic N) is 2. The Balaban J connectivity index is 0.00000225. The van der Waals surface area contributed by atoms with Gasteiger partial charge in [0.2, 0.25) is 0 Å². The van der Waals surface area contributed by atoms with Crippen LogP contribution >= 0.6 is 12.4 Å². The molecule has 0 bridgehead atoms. The first-order valence-electron chi connectivity index (χ1n) is 7.96. The lowest BCUT2D eigenvalue weighted by Gasteiger charge is -2.30. The van der Waals surface area contributed by atoms with Crippen molar-refractivity contribution in [2.45, 2.75) is 19.1 Å². The van der Waals surface area contributed by atoms with E-state index in [4.69, 9.17) is 4.74 Å². The summed E-state index contributed by atoms with van der Waals surface area (Å²) in [5.41, 5.74) is 2.72. The summed E-state index contributed by atoms with van der Waals surface area (Å²) in [6.07, 6.45) is 0.386. The van der Waals surface area contributed by atoms with Gasteiger partial charge in [-0.2, -0.15) is 0 Å². The quantitative estimate of drug-likeness (QED) is 0.630. The fraction of sp³-hybridized carbons (Fsp3) is 0.333. The largest absolute Gasteiger partial charge is 0.491 e. The van der Waals surface area contributed by atoms with Gasteiger partial charge in [-0.1, -0.05) is 24.3 Å². The number of rotatable bonds is 6. The summed E-state index contributed by atoms with van der Waals surface area (Å²) >= 11 is 0. The number of halogens is 1. The van der Waals surface area contributed by atoms with E-state index < -0.39 is 11.0 Å². The van der Waals surface area contributed by atoms with Crippen molar-refractivity contribution in [2.24, 2.45) is 0 Å². The van der Waals surface area contributed by atoms with Crippen LogP contribution in [0.5, 0.6) is 5.75 Å². The van der Waals surface area contributed by atoms with Crippen LogP contribution in [0.1, 0.15) is 11.1 Å². The molecule has 0 saturated carbocycles. The molecule has 0 spiro atoms. The van der Waals surface area contributed by atoms with E-state index >= 15 is 0 Å². The molecule has 1 aliphatic heterocycles. The minimum absolute atomic E-state index is 0. The summed E-state index contributed by atoms with van der Waals surface area (Å²) in [5.74, 6) is 0.517. The molecule has 2 aromatic carbocycles. The summed E-state index contributed by atoms with van der Waals surface area (Å²) in [5, 5.41) is 20.8. The highest BCUT2D eigenvalue weighted by Gasteiger charge is 2.18. The Kier molecular flexibility index (Phi) is 6.75. The second-order valence-electron chi connectivity index (χ2n) is 5.97. The molecular formula is C18H21ClN2O4. The van der Waals surface area contributed by atoms with Crippen LogP contribution in [0, 0.1) is 10.1 Å². The Labute approximate surface area is 152 Å². The van der Waals surface area contributed by atoms with Gasteiger partial charge in [-0.15, -0.1) is 12.4 Å². The highest BCUT2D eigenvalue weighted by atomic mass is 35.5. The van der Waals surface area contributed by atoms with E-state index in [9.17, 15) is 15.2 Å². The number of hydrogen-bond donors (Lipinski definition) is 1. The van der Waals surface area contributed by atoms with E-state index in [0.29, 0.717) is 12.3 Å². The van der Waals surface area contributed by atoms with Gasteiger partial charge in [-0.05, 0) is 29.7 Å². The van der Waals surface area contributed by atoms with Gasteiger partial charge in [-0.3, -0.25) is 15.0 Å². The van der Waals surface area contributed by atoms with Crippen molar-refractivity contribution in [3.8, 4) is 5.75 Å². The number of nitro groups is 1. The average Bonchev–Trinajstić information content (AvgIpc) is 2.60. The maximum absolute atomic E-state index is 10.6. The average molecular weight is 365 g/mol. The molecule has 6 nitrogen and oxygen atoms in total. The smallest absolute Gasteiger partial charge is 0.269 e. The van der Waals surface area contributed by atoms with Gasteiger partial charge in [0.1, 0.15) is 18.5 Å². The van der Waals surface area contributed by atoms with Crippen LogP contribution in [-0.4, -0.2) is 40.7 Å². The number of benzene rings is 2. The van der Waals surface area contributed by atoms with E-state index in [1.54, 1.807) is 12.1 Å². The first-order chi connectivity index (χ1) is 11.6. The SMILES string of the molecule is Cl.O=[N+]([O-])c1ccc(OCC(O)CN2CCc3ccccc3C2)cc1. The zero-order chi connectivity index (χ0) is 16.9. The molecule has 0 aromatic heterocycles. The molecule has 0 amide bonds. The number of nitro benzene ring substituents is 1. The molecule has 7 heteroatoms. The van der Waals surface area contributed by atoms with Crippen molar-refractivity contribution in [1.82, 2.24) is 4.90 Å². The van der Waals surface area contributed by atoms with Crippen LogP contribution in [0.3, 0.4) is 0 Å². The molecular weight excluding hydrogens is 344 g/mol. The Morgan fingerprint density at radius 3 is 2.52 bits per heavy atom. The van der Waals surface area contributed by atoms with Gasteiger partial charge in [0, 0.05) is 31.8 Å². The zero-order valence-corrected chi connectivity index (χ0v) is 14.5. The lowest BCUT2D eigenvalue weighted by Crippen LogP contribution is -2.38. The fourth-order valence-electron chi connectivity index (χ4n) is 2.92. The van der Waals surface area contributed by atoms with E-state index in [2.05, 4.69) is 23.1 Å². The van der Waals surface area contributed by atoms with E-state index in [-0.39, 0.29) is 24.7 Å². The van der Waals surface area contributed by atoms with Crippen molar-refractivity contribution in [3.63, 3.8) is 0 Å². The first kappa shape index (κ1) is 19.2. The van der Waals surface area contributed by atoms with Crippen LogP contribution in [0.25, 0.3) is 0 Å². The second kappa shape index (κ2) is 8.80. The molecule has 0 saturated heterocycles. The Morgan fingerprint density at radius 2 is 1.84 bits per heavy atom. The number of hydrogen-bond acceptors (Lipinski definition) is 5. The molecule has 1 atom stereocenters. The topological polar surface area (TPSA) is 75.8 Å². The summed E-state index contributed by atoms with van der Waals surface area (Å²) < 4.78 is 5.51. The molecule has 1 N–H and O–H groups in total. The lowest BCUT2D eigenvalue weighted by atomic mass is 10.00. The third-order valence-electron chi connectivity index (χ3n) is 4.17. The lowest BCUT2D eigenvalue weighted by molar-refractivity contribution is -0.384. The molecule has 0 fully saturated rings. The summed E-state index contributed by atoms with van der Waals surface area (Å²) in [6.45, 7) is 2.47. The second-order valence-corrected chi connectivity index (χ2v) is 5.97. The highest BCUT2D eigenvalue weighted by Crippen LogP contribution is 2.19. The standard InChI is InChI=1S/C18H20N2O4.ClH/c21-17(13-24-18-7-5-16(6-8-18)20(22)23)12-19-10-9-14-3-1-2-4-15(14)11-19;/h1-8,17,21H,9-13H2;1H. The third kappa shape index (κ3) is 5.16. The Bertz CT molecular complexity index is 708. The van der Waals surface area contributed by atoms with E-state index in [1.165, 1.54) is 23.3 Å². The van der Waals surface area contributed by atoms with Gasteiger partial charge < -0.3 is 9.84 Å². The molecule has 2 aromatic rings. The summed E-state index contributed by atoms with van der Waals surface area (Å²) in [6, 6.07) is 14.2.